The normalized spacial score (nSPS) is 12.4. The van der Waals surface area contributed by atoms with Gasteiger partial charge in [0, 0.05) is 6.61 Å². The van der Waals surface area contributed by atoms with Crippen molar-refractivity contribution < 1.29 is 8.85 Å². The fourth-order valence-electron chi connectivity index (χ4n) is 3.21. The van der Waals surface area contributed by atoms with Crippen LogP contribution in [0.3, 0.4) is 0 Å². The third-order valence-electron chi connectivity index (χ3n) is 4.82. The maximum atomic E-state index is 6.48. The summed E-state index contributed by atoms with van der Waals surface area (Å²) in [6, 6.07) is 6.44. The molecule has 0 aromatic heterocycles. The number of hydrogen-bond acceptors (Lipinski definition) is 2. The zero-order valence-electron chi connectivity index (χ0n) is 18.4. The van der Waals surface area contributed by atoms with Crippen LogP contribution >= 0.6 is 0 Å². The lowest BCUT2D eigenvalue weighted by Crippen LogP contribution is -2.39. The molecule has 0 unspecified atom stereocenters. The SMILES string of the molecule is CCCCCCCCCCO[Si](C)(C)Oc1c(C)cccc1C(C)(C)C. The molecule has 0 aliphatic heterocycles. The van der Waals surface area contributed by atoms with Crippen LogP contribution in [0.4, 0.5) is 0 Å². The second-order valence-corrected chi connectivity index (χ2v) is 12.3. The molecule has 0 aliphatic carbocycles. The molecule has 0 amide bonds. The Hall–Kier alpha value is -0.803. The summed E-state index contributed by atoms with van der Waals surface area (Å²) in [5, 5.41) is 0. The van der Waals surface area contributed by atoms with Gasteiger partial charge in [-0.1, -0.05) is 90.8 Å². The van der Waals surface area contributed by atoms with Crippen molar-refractivity contribution in [2.24, 2.45) is 0 Å². The first-order valence-electron chi connectivity index (χ1n) is 10.6. The van der Waals surface area contributed by atoms with Crippen molar-refractivity contribution in [2.45, 2.75) is 104 Å². The minimum absolute atomic E-state index is 0.0730. The number of hydrogen-bond donors (Lipinski definition) is 0. The molecule has 0 spiro atoms. The third kappa shape index (κ3) is 8.72. The molecule has 1 aromatic rings. The summed E-state index contributed by atoms with van der Waals surface area (Å²) in [5.41, 5.74) is 2.55. The molecule has 0 bridgehead atoms. The van der Waals surface area contributed by atoms with E-state index in [1.165, 1.54) is 56.1 Å². The van der Waals surface area contributed by atoms with Gasteiger partial charge in [-0.3, -0.25) is 0 Å². The van der Waals surface area contributed by atoms with Gasteiger partial charge in [-0.05, 0) is 43.0 Å². The standard InChI is InChI=1S/C23H42O2Si/c1-8-9-10-11-12-13-14-15-19-24-26(6,7)25-22-20(2)17-16-18-21(22)23(3,4)5/h16-18H,8-15,19H2,1-7H3. The van der Waals surface area contributed by atoms with Crippen molar-refractivity contribution in [1.29, 1.82) is 0 Å². The molecular weight excluding hydrogens is 336 g/mol. The van der Waals surface area contributed by atoms with E-state index in [0.29, 0.717) is 0 Å². The largest absolute Gasteiger partial charge is 0.520 e. The Balaban J connectivity index is 2.43. The van der Waals surface area contributed by atoms with Gasteiger partial charge in [0.15, 0.2) is 0 Å². The van der Waals surface area contributed by atoms with Crippen molar-refractivity contribution in [3.8, 4) is 5.75 Å². The summed E-state index contributed by atoms with van der Waals surface area (Å²) in [7, 11) is -2.17. The van der Waals surface area contributed by atoms with Crippen LogP contribution in [-0.2, 0) is 9.84 Å². The molecule has 150 valence electrons. The van der Waals surface area contributed by atoms with Crippen LogP contribution in [0.2, 0.25) is 13.1 Å². The molecule has 26 heavy (non-hydrogen) atoms. The van der Waals surface area contributed by atoms with Crippen molar-refractivity contribution >= 4 is 8.56 Å². The van der Waals surface area contributed by atoms with Crippen molar-refractivity contribution in [2.75, 3.05) is 6.61 Å². The molecule has 0 atom stereocenters. The highest BCUT2D eigenvalue weighted by Gasteiger charge is 2.30. The second-order valence-electron chi connectivity index (χ2n) is 9.03. The number of aryl methyl sites for hydroxylation is 1. The van der Waals surface area contributed by atoms with Gasteiger partial charge >= 0.3 is 8.56 Å². The van der Waals surface area contributed by atoms with Gasteiger partial charge in [-0.25, -0.2) is 0 Å². The minimum Gasteiger partial charge on any atom is -0.520 e. The number of para-hydroxylation sites is 1. The molecule has 3 heteroatoms. The molecule has 2 nitrogen and oxygen atoms in total. The second kappa shape index (κ2) is 11.1. The summed E-state index contributed by atoms with van der Waals surface area (Å²) in [5.74, 6) is 1.03. The summed E-state index contributed by atoms with van der Waals surface area (Å²) in [6.07, 6.45) is 10.6. The highest BCUT2D eigenvalue weighted by molar-refractivity contribution is 6.65. The van der Waals surface area contributed by atoms with E-state index in [1.807, 2.05) is 0 Å². The topological polar surface area (TPSA) is 18.5 Å². The van der Waals surface area contributed by atoms with Gasteiger partial charge in [0.25, 0.3) is 0 Å². The molecule has 0 N–H and O–H groups in total. The summed E-state index contributed by atoms with van der Waals surface area (Å²) in [4.78, 5) is 0. The monoisotopic (exact) mass is 378 g/mol. The molecule has 0 heterocycles. The highest BCUT2D eigenvalue weighted by atomic mass is 28.4. The summed E-state index contributed by atoms with van der Waals surface area (Å²) in [6.45, 7) is 16.3. The Morgan fingerprint density at radius 3 is 2.04 bits per heavy atom. The Kier molecular flexibility index (Phi) is 9.95. The molecule has 0 radical (unpaired) electrons. The smallest absolute Gasteiger partial charge is 0.392 e. The van der Waals surface area contributed by atoms with Crippen LogP contribution in [0.25, 0.3) is 0 Å². The van der Waals surface area contributed by atoms with Gasteiger partial charge in [0.05, 0.1) is 0 Å². The summed E-state index contributed by atoms with van der Waals surface area (Å²) >= 11 is 0. The maximum absolute atomic E-state index is 6.48. The predicted octanol–water partition coefficient (Wildman–Crippen LogP) is 7.53. The van der Waals surface area contributed by atoms with E-state index in [0.717, 1.165) is 18.8 Å². The Morgan fingerprint density at radius 2 is 1.46 bits per heavy atom. The van der Waals surface area contributed by atoms with E-state index >= 15 is 0 Å². The Labute approximate surface area is 163 Å². The van der Waals surface area contributed by atoms with Gasteiger partial charge in [-0.15, -0.1) is 0 Å². The predicted molar refractivity (Wildman–Crippen MR) is 117 cm³/mol. The number of benzene rings is 1. The van der Waals surface area contributed by atoms with E-state index in [-0.39, 0.29) is 5.41 Å². The molecule has 1 rings (SSSR count). The minimum atomic E-state index is -2.17. The van der Waals surface area contributed by atoms with Crippen LogP contribution in [-0.4, -0.2) is 15.2 Å². The zero-order valence-corrected chi connectivity index (χ0v) is 19.4. The van der Waals surface area contributed by atoms with Gasteiger partial charge in [0.1, 0.15) is 5.75 Å². The highest BCUT2D eigenvalue weighted by Crippen LogP contribution is 2.35. The van der Waals surface area contributed by atoms with Gasteiger partial charge < -0.3 is 8.85 Å². The zero-order chi connectivity index (χ0) is 19.6. The fraction of sp³-hybridized carbons (Fsp3) is 0.739. The third-order valence-corrected chi connectivity index (χ3v) is 6.41. The van der Waals surface area contributed by atoms with Crippen LogP contribution in [0.1, 0.15) is 90.2 Å². The van der Waals surface area contributed by atoms with Gasteiger partial charge in [0.2, 0.25) is 0 Å². The quantitative estimate of drug-likeness (QED) is 0.276. The van der Waals surface area contributed by atoms with Crippen LogP contribution < -0.4 is 4.43 Å². The average molecular weight is 379 g/mol. The first-order chi connectivity index (χ1) is 12.2. The van der Waals surface area contributed by atoms with Crippen LogP contribution in [0.15, 0.2) is 18.2 Å². The lowest BCUT2D eigenvalue weighted by molar-refractivity contribution is 0.239. The first-order valence-corrected chi connectivity index (χ1v) is 13.4. The van der Waals surface area contributed by atoms with E-state index in [1.54, 1.807) is 0 Å². The molecule has 0 aliphatic rings. The fourth-order valence-corrected chi connectivity index (χ4v) is 4.67. The Bertz CT molecular complexity index is 517. The lowest BCUT2D eigenvalue weighted by Gasteiger charge is -2.30. The number of unbranched alkanes of at least 4 members (excludes halogenated alkanes) is 7. The summed E-state index contributed by atoms with van der Waals surface area (Å²) < 4.78 is 12.7. The number of rotatable bonds is 12. The van der Waals surface area contributed by atoms with E-state index in [2.05, 4.69) is 65.9 Å². The molecule has 1 aromatic carbocycles. The lowest BCUT2D eigenvalue weighted by atomic mass is 9.85. The van der Waals surface area contributed by atoms with Crippen LogP contribution in [0.5, 0.6) is 5.75 Å². The van der Waals surface area contributed by atoms with Crippen molar-refractivity contribution in [1.82, 2.24) is 0 Å². The maximum Gasteiger partial charge on any atom is 0.392 e. The van der Waals surface area contributed by atoms with E-state index < -0.39 is 8.56 Å². The van der Waals surface area contributed by atoms with Crippen molar-refractivity contribution in [3.63, 3.8) is 0 Å². The molecule has 0 fully saturated rings. The van der Waals surface area contributed by atoms with E-state index in [9.17, 15) is 0 Å². The van der Waals surface area contributed by atoms with E-state index in [4.69, 9.17) is 8.85 Å². The van der Waals surface area contributed by atoms with Crippen molar-refractivity contribution in [3.05, 3.63) is 29.3 Å². The van der Waals surface area contributed by atoms with Gasteiger partial charge in [-0.2, -0.15) is 0 Å². The molecule has 0 saturated heterocycles. The van der Waals surface area contributed by atoms with Crippen LogP contribution in [0, 0.1) is 6.92 Å². The molecule has 0 saturated carbocycles. The average Bonchev–Trinajstić information content (AvgIpc) is 2.54. The Morgan fingerprint density at radius 1 is 0.885 bits per heavy atom. The molecular formula is C23H42O2Si. The first kappa shape index (κ1) is 23.2.